The van der Waals surface area contributed by atoms with Gasteiger partial charge in [-0.3, -0.25) is 4.79 Å². The van der Waals surface area contributed by atoms with Gasteiger partial charge in [0.25, 0.3) is 0 Å². The second-order valence-electron chi connectivity index (χ2n) is 7.76. The number of carbonyl (C=O) groups excluding carboxylic acids is 1. The molecule has 27 heavy (non-hydrogen) atoms. The lowest BCUT2D eigenvalue weighted by Crippen LogP contribution is -2.47. The van der Waals surface area contributed by atoms with E-state index in [1.54, 1.807) is 6.07 Å². The zero-order valence-corrected chi connectivity index (χ0v) is 16.1. The van der Waals surface area contributed by atoms with Crippen LogP contribution in [-0.4, -0.2) is 55.4 Å². The number of rotatable bonds is 7. The van der Waals surface area contributed by atoms with Gasteiger partial charge in [0.05, 0.1) is 25.3 Å². The van der Waals surface area contributed by atoms with Crippen molar-refractivity contribution in [3.05, 3.63) is 35.1 Å². The summed E-state index contributed by atoms with van der Waals surface area (Å²) in [6.07, 6.45) is 5.95. The van der Waals surface area contributed by atoms with Crippen LogP contribution in [0, 0.1) is 11.7 Å². The fourth-order valence-corrected chi connectivity index (χ4v) is 4.56. The molecule has 1 amide bonds. The molecule has 1 aliphatic carbocycles. The molecular formula is C21H31FN2O3. The zero-order chi connectivity index (χ0) is 19.2. The van der Waals surface area contributed by atoms with E-state index >= 15 is 0 Å². The van der Waals surface area contributed by atoms with Crippen LogP contribution in [0.5, 0.6) is 0 Å². The first-order valence-electron chi connectivity index (χ1n) is 10.1. The van der Waals surface area contributed by atoms with Crippen molar-refractivity contribution in [3.8, 4) is 0 Å². The van der Waals surface area contributed by atoms with Gasteiger partial charge in [-0.05, 0) is 48.4 Å². The van der Waals surface area contributed by atoms with Gasteiger partial charge >= 0.3 is 0 Å². The molecule has 2 aliphatic rings. The quantitative estimate of drug-likeness (QED) is 0.765. The summed E-state index contributed by atoms with van der Waals surface area (Å²) in [6, 6.07) is 5.06. The summed E-state index contributed by atoms with van der Waals surface area (Å²) in [7, 11) is 1.54. The summed E-state index contributed by atoms with van der Waals surface area (Å²) in [5.41, 5.74) is 2.15. The molecule has 1 saturated carbocycles. The van der Waals surface area contributed by atoms with E-state index < -0.39 is 6.10 Å². The molecule has 0 spiro atoms. The highest BCUT2D eigenvalue weighted by molar-refractivity contribution is 5.79. The average molecular weight is 378 g/mol. The molecule has 1 aromatic rings. The summed E-state index contributed by atoms with van der Waals surface area (Å²) >= 11 is 0. The van der Waals surface area contributed by atoms with Gasteiger partial charge in [0.15, 0.2) is 0 Å². The minimum absolute atomic E-state index is 0.0350. The SMILES string of the molecule is COCC(O)CNCC(=O)N1CCc2cc(F)ccc2C1C1CCCCC1. The van der Waals surface area contributed by atoms with Crippen LogP contribution in [0.1, 0.15) is 49.3 Å². The first kappa shape index (κ1) is 20.2. The largest absolute Gasteiger partial charge is 0.389 e. The lowest BCUT2D eigenvalue weighted by atomic mass is 9.77. The van der Waals surface area contributed by atoms with Gasteiger partial charge in [-0.1, -0.05) is 25.3 Å². The van der Waals surface area contributed by atoms with E-state index in [2.05, 4.69) is 5.32 Å². The Morgan fingerprint density at radius 1 is 1.37 bits per heavy atom. The standard InChI is InChI=1S/C21H31FN2O3/c1-27-14-18(25)12-23-13-20(26)24-10-9-16-11-17(22)7-8-19(16)21(24)15-5-3-2-4-6-15/h7-8,11,15,18,21,23,25H,2-6,9-10,12-14H2,1H3. The van der Waals surface area contributed by atoms with Gasteiger partial charge in [-0.25, -0.2) is 4.39 Å². The van der Waals surface area contributed by atoms with Crippen molar-refractivity contribution in [2.75, 3.05) is 33.4 Å². The Kier molecular flexibility index (Phi) is 7.21. The van der Waals surface area contributed by atoms with E-state index in [1.807, 2.05) is 11.0 Å². The summed E-state index contributed by atoms with van der Waals surface area (Å²) in [6.45, 7) is 1.39. The molecular weight excluding hydrogens is 347 g/mol. The highest BCUT2D eigenvalue weighted by Crippen LogP contribution is 2.42. The monoisotopic (exact) mass is 378 g/mol. The number of ether oxygens (including phenoxy) is 1. The number of benzene rings is 1. The smallest absolute Gasteiger partial charge is 0.237 e. The molecule has 0 bridgehead atoms. The van der Waals surface area contributed by atoms with Crippen LogP contribution in [0.4, 0.5) is 4.39 Å². The third kappa shape index (κ3) is 5.06. The van der Waals surface area contributed by atoms with Crippen molar-refractivity contribution >= 4 is 5.91 Å². The number of nitrogens with one attached hydrogen (secondary N) is 1. The normalized spacial score (nSPS) is 21.7. The number of carbonyl (C=O) groups is 1. The lowest BCUT2D eigenvalue weighted by Gasteiger charge is -2.43. The molecule has 5 nitrogen and oxygen atoms in total. The summed E-state index contributed by atoms with van der Waals surface area (Å²) in [4.78, 5) is 14.9. The highest BCUT2D eigenvalue weighted by atomic mass is 19.1. The molecule has 1 heterocycles. The van der Waals surface area contributed by atoms with Gasteiger partial charge in [-0.2, -0.15) is 0 Å². The second kappa shape index (κ2) is 9.62. The molecule has 0 saturated heterocycles. The Balaban J connectivity index is 1.72. The minimum atomic E-state index is -0.623. The molecule has 150 valence electrons. The van der Waals surface area contributed by atoms with Gasteiger partial charge in [-0.15, -0.1) is 0 Å². The molecule has 0 radical (unpaired) electrons. The Morgan fingerprint density at radius 3 is 2.89 bits per heavy atom. The number of halogens is 1. The van der Waals surface area contributed by atoms with Crippen LogP contribution >= 0.6 is 0 Å². The van der Waals surface area contributed by atoms with Crippen molar-refractivity contribution < 1.29 is 19.0 Å². The van der Waals surface area contributed by atoms with E-state index in [1.165, 1.54) is 32.4 Å². The highest BCUT2D eigenvalue weighted by Gasteiger charge is 2.36. The van der Waals surface area contributed by atoms with E-state index in [-0.39, 0.29) is 30.9 Å². The lowest BCUT2D eigenvalue weighted by molar-refractivity contribution is -0.135. The number of aliphatic hydroxyl groups excluding tert-OH is 1. The van der Waals surface area contributed by atoms with Crippen molar-refractivity contribution in [2.45, 2.75) is 50.7 Å². The Bertz CT molecular complexity index is 634. The molecule has 1 aliphatic heterocycles. The van der Waals surface area contributed by atoms with Crippen molar-refractivity contribution in [1.82, 2.24) is 10.2 Å². The van der Waals surface area contributed by atoms with Gasteiger partial charge in [0.2, 0.25) is 5.91 Å². The second-order valence-corrected chi connectivity index (χ2v) is 7.76. The first-order chi connectivity index (χ1) is 13.1. The fourth-order valence-electron chi connectivity index (χ4n) is 4.56. The molecule has 0 aromatic heterocycles. The molecule has 2 atom stereocenters. The molecule has 3 rings (SSSR count). The molecule has 6 heteroatoms. The van der Waals surface area contributed by atoms with Crippen molar-refractivity contribution in [2.24, 2.45) is 5.92 Å². The van der Waals surface area contributed by atoms with Crippen LogP contribution in [0.3, 0.4) is 0 Å². The maximum Gasteiger partial charge on any atom is 0.237 e. The Morgan fingerprint density at radius 2 is 2.15 bits per heavy atom. The van der Waals surface area contributed by atoms with Crippen LogP contribution in [0.25, 0.3) is 0 Å². The maximum atomic E-state index is 13.7. The van der Waals surface area contributed by atoms with E-state index in [9.17, 15) is 14.3 Å². The first-order valence-corrected chi connectivity index (χ1v) is 10.1. The molecule has 1 aromatic carbocycles. The molecule has 2 N–H and O–H groups in total. The average Bonchev–Trinajstić information content (AvgIpc) is 2.67. The number of hydrogen-bond acceptors (Lipinski definition) is 4. The summed E-state index contributed by atoms with van der Waals surface area (Å²) < 4.78 is 18.6. The number of methoxy groups -OCH3 is 1. The van der Waals surface area contributed by atoms with Crippen molar-refractivity contribution in [3.63, 3.8) is 0 Å². The van der Waals surface area contributed by atoms with Crippen LogP contribution < -0.4 is 5.32 Å². The summed E-state index contributed by atoms with van der Waals surface area (Å²) in [5.74, 6) is 0.279. The predicted molar refractivity (Wildman–Crippen MR) is 102 cm³/mol. The van der Waals surface area contributed by atoms with E-state index in [0.29, 0.717) is 25.4 Å². The zero-order valence-electron chi connectivity index (χ0n) is 16.1. The Hall–Kier alpha value is -1.50. The number of aliphatic hydroxyl groups is 1. The van der Waals surface area contributed by atoms with Gasteiger partial charge < -0.3 is 20.1 Å². The summed E-state index contributed by atoms with van der Waals surface area (Å²) in [5, 5.41) is 12.8. The number of hydrogen-bond donors (Lipinski definition) is 2. The topological polar surface area (TPSA) is 61.8 Å². The van der Waals surface area contributed by atoms with E-state index in [0.717, 1.165) is 24.0 Å². The minimum Gasteiger partial charge on any atom is -0.389 e. The number of fused-ring (bicyclic) bond motifs is 1. The third-order valence-electron chi connectivity index (χ3n) is 5.81. The molecule has 2 unspecified atom stereocenters. The fraction of sp³-hybridized carbons (Fsp3) is 0.667. The number of nitrogens with zero attached hydrogens (tertiary/aromatic N) is 1. The van der Waals surface area contributed by atoms with Crippen molar-refractivity contribution in [1.29, 1.82) is 0 Å². The maximum absolute atomic E-state index is 13.7. The predicted octanol–water partition coefficient (Wildman–Crippen LogP) is 2.43. The van der Waals surface area contributed by atoms with Gasteiger partial charge in [0, 0.05) is 20.2 Å². The van der Waals surface area contributed by atoms with Crippen LogP contribution in [-0.2, 0) is 16.0 Å². The van der Waals surface area contributed by atoms with Crippen LogP contribution in [0.2, 0.25) is 0 Å². The third-order valence-corrected chi connectivity index (χ3v) is 5.81. The molecule has 1 fully saturated rings. The van der Waals surface area contributed by atoms with Gasteiger partial charge in [0.1, 0.15) is 5.82 Å². The van der Waals surface area contributed by atoms with Crippen LogP contribution in [0.15, 0.2) is 18.2 Å². The van der Waals surface area contributed by atoms with E-state index in [4.69, 9.17) is 4.74 Å². The Labute approximate surface area is 160 Å². The number of amides is 1.